The molecule has 2 heterocycles. The van der Waals surface area contributed by atoms with Crippen molar-refractivity contribution in [2.45, 2.75) is 19.9 Å². The number of halogens is 1. The van der Waals surface area contributed by atoms with E-state index in [9.17, 15) is 4.39 Å². The van der Waals surface area contributed by atoms with Crippen molar-refractivity contribution in [1.29, 1.82) is 0 Å². The number of hydrogen-bond donors (Lipinski definition) is 1. The molecule has 1 unspecified atom stereocenters. The highest BCUT2D eigenvalue weighted by atomic mass is 19.1. The molecule has 0 saturated carbocycles. The summed E-state index contributed by atoms with van der Waals surface area (Å²) in [6, 6.07) is 14.1. The van der Waals surface area contributed by atoms with Gasteiger partial charge in [0.05, 0.1) is 35.2 Å². The smallest absolute Gasteiger partial charge is 0.145 e. The second-order valence-corrected chi connectivity index (χ2v) is 6.18. The van der Waals surface area contributed by atoms with Crippen LogP contribution in [0, 0.1) is 12.7 Å². The molecule has 6 heteroatoms. The van der Waals surface area contributed by atoms with Gasteiger partial charge in [-0.05, 0) is 50.2 Å². The van der Waals surface area contributed by atoms with Crippen molar-refractivity contribution in [3.05, 3.63) is 78.0 Å². The maximum absolute atomic E-state index is 13.1. The van der Waals surface area contributed by atoms with Crippen molar-refractivity contribution in [2.24, 2.45) is 0 Å². The summed E-state index contributed by atoms with van der Waals surface area (Å²) >= 11 is 0. The van der Waals surface area contributed by atoms with Crippen LogP contribution >= 0.6 is 0 Å². The van der Waals surface area contributed by atoms with Crippen LogP contribution in [-0.4, -0.2) is 19.7 Å². The van der Waals surface area contributed by atoms with E-state index in [0.717, 1.165) is 28.0 Å². The number of para-hydroxylation sites is 2. The van der Waals surface area contributed by atoms with Crippen molar-refractivity contribution < 1.29 is 4.39 Å². The van der Waals surface area contributed by atoms with Crippen LogP contribution in [0.5, 0.6) is 0 Å². The van der Waals surface area contributed by atoms with E-state index in [0.29, 0.717) is 5.82 Å². The zero-order valence-corrected chi connectivity index (χ0v) is 14.5. The summed E-state index contributed by atoms with van der Waals surface area (Å²) in [4.78, 5) is 9.03. The molecule has 130 valence electrons. The molecule has 0 saturated heterocycles. The average Bonchev–Trinajstić information content (AvgIpc) is 3.04. The van der Waals surface area contributed by atoms with Gasteiger partial charge in [0.1, 0.15) is 11.6 Å². The van der Waals surface area contributed by atoms with Gasteiger partial charge >= 0.3 is 0 Å². The molecule has 1 N–H and O–H groups in total. The van der Waals surface area contributed by atoms with Crippen LogP contribution in [0.2, 0.25) is 0 Å². The number of nitrogens with zero attached hydrogens (tertiary/aromatic N) is 4. The van der Waals surface area contributed by atoms with Gasteiger partial charge in [-0.1, -0.05) is 12.1 Å². The number of fused-ring (bicyclic) bond motifs is 1. The Balaban J connectivity index is 1.59. The maximum atomic E-state index is 13.1. The van der Waals surface area contributed by atoms with Crippen molar-refractivity contribution in [3.63, 3.8) is 0 Å². The van der Waals surface area contributed by atoms with Crippen LogP contribution in [0.4, 0.5) is 10.2 Å². The molecule has 0 spiro atoms. The molecular formula is C20H18FN5. The fourth-order valence-corrected chi connectivity index (χ4v) is 3.02. The molecule has 0 fully saturated rings. The van der Waals surface area contributed by atoms with Gasteiger partial charge in [0.15, 0.2) is 0 Å². The van der Waals surface area contributed by atoms with E-state index < -0.39 is 0 Å². The first-order valence-electron chi connectivity index (χ1n) is 8.40. The summed E-state index contributed by atoms with van der Waals surface area (Å²) in [6.07, 6.45) is 3.56. The summed E-state index contributed by atoms with van der Waals surface area (Å²) in [5, 5.41) is 7.82. The van der Waals surface area contributed by atoms with Gasteiger partial charge in [0, 0.05) is 11.3 Å². The SMILES string of the molecule is Cc1c(C(C)Nc2cnc3ccccc3n2)cnn1-c1ccc(F)cc1. The largest absolute Gasteiger partial charge is 0.362 e. The summed E-state index contributed by atoms with van der Waals surface area (Å²) in [5.41, 5.74) is 4.58. The highest BCUT2D eigenvalue weighted by molar-refractivity contribution is 5.75. The molecule has 5 nitrogen and oxygen atoms in total. The van der Waals surface area contributed by atoms with Crippen molar-refractivity contribution in [1.82, 2.24) is 19.7 Å². The zero-order valence-electron chi connectivity index (χ0n) is 14.5. The van der Waals surface area contributed by atoms with Gasteiger partial charge in [-0.15, -0.1) is 0 Å². The first kappa shape index (κ1) is 16.2. The minimum Gasteiger partial charge on any atom is -0.362 e. The van der Waals surface area contributed by atoms with E-state index in [1.165, 1.54) is 12.1 Å². The number of nitrogens with one attached hydrogen (secondary N) is 1. The number of rotatable bonds is 4. The summed E-state index contributed by atoms with van der Waals surface area (Å²) in [6.45, 7) is 4.05. The fourth-order valence-electron chi connectivity index (χ4n) is 3.02. The number of benzene rings is 2. The van der Waals surface area contributed by atoms with E-state index in [1.54, 1.807) is 23.0 Å². The first-order valence-corrected chi connectivity index (χ1v) is 8.40. The molecular weight excluding hydrogens is 329 g/mol. The molecule has 0 aliphatic rings. The van der Waals surface area contributed by atoms with Crippen LogP contribution in [0.25, 0.3) is 16.7 Å². The summed E-state index contributed by atoms with van der Waals surface area (Å²) in [7, 11) is 0. The molecule has 0 aliphatic carbocycles. The van der Waals surface area contributed by atoms with E-state index in [1.807, 2.05) is 37.4 Å². The highest BCUT2D eigenvalue weighted by Gasteiger charge is 2.15. The van der Waals surface area contributed by atoms with Crippen LogP contribution in [-0.2, 0) is 0 Å². The standard InChI is InChI=1S/C20H18FN5/c1-13(24-20-12-22-18-5-3-4-6-19(18)25-20)17-11-23-26(14(17)2)16-9-7-15(21)8-10-16/h3-13H,1-2H3,(H,24,25). The Morgan fingerprint density at radius 2 is 1.73 bits per heavy atom. The molecule has 2 aromatic heterocycles. The lowest BCUT2D eigenvalue weighted by atomic mass is 10.1. The Kier molecular flexibility index (Phi) is 4.08. The van der Waals surface area contributed by atoms with Gasteiger partial charge in [-0.2, -0.15) is 5.10 Å². The van der Waals surface area contributed by atoms with Gasteiger partial charge in [0.25, 0.3) is 0 Å². The van der Waals surface area contributed by atoms with E-state index in [2.05, 4.69) is 27.3 Å². The second kappa shape index (κ2) is 6.55. The first-order chi connectivity index (χ1) is 12.6. The van der Waals surface area contributed by atoms with Crippen LogP contribution < -0.4 is 5.32 Å². The number of anilines is 1. The molecule has 1 atom stereocenters. The predicted molar refractivity (Wildman–Crippen MR) is 99.8 cm³/mol. The fraction of sp³-hybridized carbons (Fsp3) is 0.150. The molecule has 0 aliphatic heterocycles. The van der Waals surface area contributed by atoms with Crippen molar-refractivity contribution in [2.75, 3.05) is 5.32 Å². The molecule has 0 radical (unpaired) electrons. The molecule has 2 aromatic carbocycles. The number of hydrogen-bond acceptors (Lipinski definition) is 4. The number of aromatic nitrogens is 4. The van der Waals surface area contributed by atoms with Gasteiger partial charge < -0.3 is 5.32 Å². The normalized spacial score (nSPS) is 12.3. The van der Waals surface area contributed by atoms with Crippen LogP contribution in [0.15, 0.2) is 60.9 Å². The molecule has 26 heavy (non-hydrogen) atoms. The van der Waals surface area contributed by atoms with Crippen molar-refractivity contribution in [3.8, 4) is 5.69 Å². The molecule has 0 amide bonds. The summed E-state index contributed by atoms with van der Waals surface area (Å²) in [5.74, 6) is 0.453. The minimum atomic E-state index is -0.260. The molecule has 4 rings (SSSR count). The van der Waals surface area contributed by atoms with Crippen LogP contribution in [0.1, 0.15) is 24.2 Å². The van der Waals surface area contributed by atoms with Crippen LogP contribution in [0.3, 0.4) is 0 Å². The minimum absolute atomic E-state index is 0.000314. The molecule has 0 bridgehead atoms. The molecule has 4 aromatic rings. The van der Waals surface area contributed by atoms with E-state index in [-0.39, 0.29) is 11.9 Å². The Hall–Kier alpha value is -3.28. The lowest BCUT2D eigenvalue weighted by molar-refractivity contribution is 0.627. The van der Waals surface area contributed by atoms with Gasteiger partial charge in [-0.3, -0.25) is 4.98 Å². The monoisotopic (exact) mass is 347 g/mol. The third kappa shape index (κ3) is 3.01. The second-order valence-electron chi connectivity index (χ2n) is 6.18. The quantitative estimate of drug-likeness (QED) is 0.593. The van der Waals surface area contributed by atoms with E-state index in [4.69, 9.17) is 0 Å². The average molecular weight is 347 g/mol. The Labute approximate surface area is 150 Å². The Bertz CT molecular complexity index is 1060. The lowest BCUT2D eigenvalue weighted by Crippen LogP contribution is -2.09. The van der Waals surface area contributed by atoms with Crippen molar-refractivity contribution >= 4 is 16.9 Å². The third-order valence-corrected chi connectivity index (χ3v) is 4.40. The highest BCUT2D eigenvalue weighted by Crippen LogP contribution is 2.23. The van der Waals surface area contributed by atoms with Gasteiger partial charge in [-0.25, -0.2) is 14.1 Å². The zero-order chi connectivity index (χ0) is 18.1. The predicted octanol–water partition coefficient (Wildman–Crippen LogP) is 4.44. The topological polar surface area (TPSA) is 55.6 Å². The summed E-state index contributed by atoms with van der Waals surface area (Å²) < 4.78 is 14.9. The Morgan fingerprint density at radius 1 is 1.00 bits per heavy atom. The van der Waals surface area contributed by atoms with Gasteiger partial charge in [0.2, 0.25) is 0 Å². The van der Waals surface area contributed by atoms with E-state index >= 15 is 0 Å². The lowest BCUT2D eigenvalue weighted by Gasteiger charge is -2.15. The maximum Gasteiger partial charge on any atom is 0.145 e. The Morgan fingerprint density at radius 3 is 2.50 bits per heavy atom. The third-order valence-electron chi connectivity index (χ3n) is 4.40.